The standard InChI is InChI=1S/C28H28N4O/c1-19-16-29-27(32-19)26-30-17-21(18-31-26)15-20-5-7-22(8-6-20)28(13-14-28)23-9-11-25(12-10-23)33-24-3-2-4-24/h5-12,17-18,24H,2-4,13-16H2,1H3. The molecule has 2 fully saturated rings. The van der Waals surface area contributed by atoms with Crippen molar-refractivity contribution in [3.05, 3.63) is 89.0 Å². The van der Waals surface area contributed by atoms with Crippen molar-refractivity contribution in [2.45, 2.75) is 57.0 Å². The van der Waals surface area contributed by atoms with E-state index in [0.29, 0.717) is 24.3 Å². The molecule has 2 saturated carbocycles. The lowest BCUT2D eigenvalue weighted by Gasteiger charge is -2.26. The van der Waals surface area contributed by atoms with Crippen LogP contribution in [0.4, 0.5) is 0 Å². The van der Waals surface area contributed by atoms with Crippen molar-refractivity contribution in [2.75, 3.05) is 6.54 Å². The number of amidine groups is 1. The van der Waals surface area contributed by atoms with Gasteiger partial charge in [-0.25, -0.2) is 15.0 Å². The Morgan fingerprint density at radius 2 is 1.55 bits per heavy atom. The molecule has 0 N–H and O–H groups in total. The summed E-state index contributed by atoms with van der Waals surface area (Å²) in [6.45, 7) is 2.62. The molecule has 2 heterocycles. The molecule has 5 nitrogen and oxygen atoms in total. The molecule has 1 aromatic heterocycles. The Morgan fingerprint density at radius 3 is 2.09 bits per heavy atom. The second kappa shape index (κ2) is 8.22. The fraction of sp³-hybridized carbons (Fsp3) is 0.357. The summed E-state index contributed by atoms with van der Waals surface area (Å²) in [6.07, 6.45) is 11.1. The molecule has 33 heavy (non-hydrogen) atoms. The van der Waals surface area contributed by atoms with E-state index < -0.39 is 0 Å². The number of ether oxygens (including phenoxy) is 1. The van der Waals surface area contributed by atoms with E-state index in [2.05, 4.69) is 68.5 Å². The van der Waals surface area contributed by atoms with Gasteiger partial charge in [-0.05, 0) is 73.4 Å². The van der Waals surface area contributed by atoms with Crippen LogP contribution < -0.4 is 4.74 Å². The summed E-state index contributed by atoms with van der Waals surface area (Å²) in [5.74, 6) is 2.25. The van der Waals surface area contributed by atoms with Gasteiger partial charge in [0, 0.05) is 29.9 Å². The topological polar surface area (TPSA) is 59.7 Å². The molecule has 0 atom stereocenters. The number of rotatable bonds is 7. The molecule has 2 aliphatic carbocycles. The zero-order valence-electron chi connectivity index (χ0n) is 19.0. The van der Waals surface area contributed by atoms with E-state index in [4.69, 9.17) is 4.74 Å². The molecule has 1 aliphatic heterocycles. The predicted molar refractivity (Wildman–Crippen MR) is 131 cm³/mol. The molecule has 0 bridgehead atoms. The minimum atomic E-state index is 0.166. The number of nitrogens with zero attached hydrogens (tertiary/aromatic N) is 4. The van der Waals surface area contributed by atoms with Crippen molar-refractivity contribution in [1.82, 2.24) is 9.97 Å². The first-order valence-electron chi connectivity index (χ1n) is 11.9. The minimum absolute atomic E-state index is 0.166. The third-order valence-electron chi connectivity index (χ3n) is 7.09. The van der Waals surface area contributed by atoms with Crippen LogP contribution in [0.1, 0.15) is 67.1 Å². The first-order valence-corrected chi connectivity index (χ1v) is 11.9. The molecule has 0 unspecified atom stereocenters. The monoisotopic (exact) mass is 436 g/mol. The number of hydrogen-bond acceptors (Lipinski definition) is 5. The average molecular weight is 437 g/mol. The Hall–Kier alpha value is -3.34. The van der Waals surface area contributed by atoms with Crippen molar-refractivity contribution < 1.29 is 4.74 Å². The highest BCUT2D eigenvalue weighted by atomic mass is 16.5. The van der Waals surface area contributed by atoms with Gasteiger partial charge in [0.05, 0.1) is 12.6 Å². The summed E-state index contributed by atoms with van der Waals surface area (Å²) in [7, 11) is 0. The molecule has 166 valence electrons. The van der Waals surface area contributed by atoms with Gasteiger partial charge < -0.3 is 4.74 Å². The molecule has 0 amide bonds. The minimum Gasteiger partial charge on any atom is -0.490 e. The third-order valence-corrected chi connectivity index (χ3v) is 7.09. The molecule has 2 aromatic carbocycles. The largest absolute Gasteiger partial charge is 0.490 e. The van der Waals surface area contributed by atoms with Gasteiger partial charge in [-0.1, -0.05) is 36.4 Å². The van der Waals surface area contributed by atoms with Crippen molar-refractivity contribution >= 4 is 11.5 Å². The van der Waals surface area contributed by atoms with Gasteiger partial charge in [0.1, 0.15) is 5.75 Å². The van der Waals surface area contributed by atoms with Crippen molar-refractivity contribution in [1.29, 1.82) is 0 Å². The maximum absolute atomic E-state index is 6.03. The maximum Gasteiger partial charge on any atom is 0.197 e. The highest BCUT2D eigenvalue weighted by molar-refractivity contribution is 6.09. The van der Waals surface area contributed by atoms with Gasteiger partial charge in [-0.2, -0.15) is 0 Å². The van der Waals surface area contributed by atoms with Crippen LogP contribution in [-0.4, -0.2) is 34.2 Å². The van der Waals surface area contributed by atoms with Crippen LogP contribution in [-0.2, 0) is 11.8 Å². The average Bonchev–Trinajstić information content (AvgIpc) is 3.52. The first-order chi connectivity index (χ1) is 16.2. The van der Waals surface area contributed by atoms with E-state index in [9.17, 15) is 0 Å². The smallest absolute Gasteiger partial charge is 0.197 e. The van der Waals surface area contributed by atoms with Gasteiger partial charge in [0.15, 0.2) is 11.7 Å². The highest BCUT2D eigenvalue weighted by Gasteiger charge is 2.45. The lowest BCUT2D eigenvalue weighted by molar-refractivity contribution is 0.120. The summed E-state index contributed by atoms with van der Waals surface area (Å²) in [5, 5.41) is 0. The lowest BCUT2D eigenvalue weighted by Crippen LogP contribution is -2.24. The van der Waals surface area contributed by atoms with E-state index in [0.717, 1.165) is 23.4 Å². The second-order valence-corrected chi connectivity index (χ2v) is 9.55. The van der Waals surface area contributed by atoms with Crippen molar-refractivity contribution in [2.24, 2.45) is 9.98 Å². The van der Waals surface area contributed by atoms with E-state index in [1.54, 1.807) is 0 Å². The van der Waals surface area contributed by atoms with Crippen LogP contribution in [0, 0.1) is 0 Å². The van der Waals surface area contributed by atoms with Crippen LogP contribution in [0.5, 0.6) is 5.75 Å². The molecule has 5 heteroatoms. The molecule has 0 radical (unpaired) electrons. The predicted octanol–water partition coefficient (Wildman–Crippen LogP) is 5.30. The number of benzene rings is 2. The van der Waals surface area contributed by atoms with Gasteiger partial charge >= 0.3 is 0 Å². The molecule has 0 saturated heterocycles. The highest BCUT2D eigenvalue weighted by Crippen LogP contribution is 2.53. The van der Waals surface area contributed by atoms with E-state index in [1.807, 2.05) is 19.3 Å². The quantitative estimate of drug-likeness (QED) is 0.505. The second-order valence-electron chi connectivity index (χ2n) is 9.55. The summed E-state index contributed by atoms with van der Waals surface area (Å²) in [4.78, 5) is 17.7. The Balaban J connectivity index is 1.13. The van der Waals surface area contributed by atoms with E-state index >= 15 is 0 Å². The Bertz CT molecular complexity index is 1200. The van der Waals surface area contributed by atoms with E-state index in [-0.39, 0.29) is 5.41 Å². The Labute approximate surface area is 194 Å². The fourth-order valence-corrected chi connectivity index (χ4v) is 4.70. The number of aliphatic imine (C=N–C) groups is 2. The van der Waals surface area contributed by atoms with Crippen LogP contribution >= 0.6 is 0 Å². The summed E-state index contributed by atoms with van der Waals surface area (Å²) in [6, 6.07) is 17.9. The summed E-state index contributed by atoms with van der Waals surface area (Å²) < 4.78 is 6.03. The Kier molecular flexibility index (Phi) is 5.05. The van der Waals surface area contributed by atoms with E-state index in [1.165, 1.54) is 48.8 Å². The van der Waals surface area contributed by atoms with Gasteiger partial charge in [0.2, 0.25) is 0 Å². The number of aromatic nitrogens is 2. The number of hydrogen-bond donors (Lipinski definition) is 0. The van der Waals surface area contributed by atoms with Crippen LogP contribution in [0.3, 0.4) is 0 Å². The molecule has 0 spiro atoms. The normalized spacial score (nSPS) is 18.9. The molecular weight excluding hydrogens is 408 g/mol. The van der Waals surface area contributed by atoms with Crippen LogP contribution in [0.25, 0.3) is 0 Å². The molecule has 3 aromatic rings. The zero-order chi connectivity index (χ0) is 22.3. The fourth-order valence-electron chi connectivity index (χ4n) is 4.70. The van der Waals surface area contributed by atoms with Gasteiger partial charge in [-0.15, -0.1) is 0 Å². The lowest BCUT2D eigenvalue weighted by atomic mass is 9.87. The maximum atomic E-state index is 6.03. The molecule has 3 aliphatic rings. The summed E-state index contributed by atoms with van der Waals surface area (Å²) >= 11 is 0. The zero-order valence-corrected chi connectivity index (χ0v) is 19.0. The SMILES string of the molecule is CC1=NC(c2ncc(Cc3ccc(C4(c5ccc(OC6CCC6)cc5)CC4)cc3)cn2)=NC1. The summed E-state index contributed by atoms with van der Waals surface area (Å²) in [5.41, 5.74) is 6.32. The first kappa shape index (κ1) is 20.3. The van der Waals surface area contributed by atoms with Gasteiger partial charge in [0.25, 0.3) is 0 Å². The van der Waals surface area contributed by atoms with Crippen LogP contribution in [0.15, 0.2) is 70.9 Å². The van der Waals surface area contributed by atoms with Crippen molar-refractivity contribution in [3.8, 4) is 5.75 Å². The molecular formula is C28H28N4O. The van der Waals surface area contributed by atoms with Crippen LogP contribution in [0.2, 0.25) is 0 Å². The van der Waals surface area contributed by atoms with Crippen molar-refractivity contribution in [3.63, 3.8) is 0 Å². The third kappa shape index (κ3) is 4.08. The Morgan fingerprint density at radius 1 is 0.879 bits per heavy atom. The van der Waals surface area contributed by atoms with Gasteiger partial charge in [-0.3, -0.25) is 4.99 Å². The molecule has 6 rings (SSSR count).